The van der Waals surface area contributed by atoms with Gasteiger partial charge < -0.3 is 19.5 Å². The summed E-state index contributed by atoms with van der Waals surface area (Å²) in [5.74, 6) is 1.09. The zero-order chi connectivity index (χ0) is 15.0. The highest BCUT2D eigenvalue weighted by atomic mass is 16.5. The third kappa shape index (κ3) is 5.50. The topological polar surface area (TPSA) is 56.8 Å². The van der Waals surface area contributed by atoms with E-state index in [0.717, 1.165) is 0 Å². The Kier molecular flexibility index (Phi) is 7.41. The van der Waals surface area contributed by atoms with Gasteiger partial charge >= 0.3 is 0 Å². The predicted molar refractivity (Wildman–Crippen MR) is 74.2 cm³/mol. The summed E-state index contributed by atoms with van der Waals surface area (Å²) in [7, 11) is 4.52. The summed E-state index contributed by atoms with van der Waals surface area (Å²) < 4.78 is 15.5. The SMILES string of the molecule is C=C(/C=C(OC)\C(OC)=C(/C)OC)C(=O)NC(C)C. The molecule has 0 aliphatic heterocycles. The maximum absolute atomic E-state index is 11.8. The fourth-order valence-corrected chi connectivity index (χ4v) is 1.31. The van der Waals surface area contributed by atoms with Gasteiger partial charge in [-0.2, -0.15) is 0 Å². The molecule has 1 amide bonds. The number of ether oxygens (including phenoxy) is 3. The van der Waals surface area contributed by atoms with Gasteiger partial charge in [0.15, 0.2) is 11.5 Å². The second kappa shape index (κ2) is 8.24. The molecule has 5 heteroatoms. The van der Waals surface area contributed by atoms with Gasteiger partial charge in [-0.1, -0.05) is 6.58 Å². The van der Waals surface area contributed by atoms with Gasteiger partial charge in [0.25, 0.3) is 5.91 Å². The van der Waals surface area contributed by atoms with Crippen LogP contribution in [0.4, 0.5) is 0 Å². The van der Waals surface area contributed by atoms with Crippen LogP contribution >= 0.6 is 0 Å². The molecule has 0 aliphatic rings. The molecular formula is C14H23NO4. The van der Waals surface area contributed by atoms with Crippen LogP contribution in [0.1, 0.15) is 20.8 Å². The molecule has 0 aliphatic carbocycles. The standard InChI is InChI=1S/C14H23NO4/c1-9(2)15-14(16)10(3)8-12(18-6)13(19-7)11(4)17-5/h8-9H,3H2,1-2,4-7H3,(H,15,16)/b12-8+,13-11-. The first-order valence-corrected chi connectivity index (χ1v) is 5.92. The van der Waals surface area contributed by atoms with Crippen LogP contribution < -0.4 is 5.32 Å². The van der Waals surface area contributed by atoms with Crippen molar-refractivity contribution in [2.75, 3.05) is 21.3 Å². The number of hydrogen-bond donors (Lipinski definition) is 1. The summed E-state index contributed by atoms with van der Waals surface area (Å²) in [5.41, 5.74) is 0.281. The first kappa shape index (κ1) is 17.1. The monoisotopic (exact) mass is 269 g/mol. The second-order valence-corrected chi connectivity index (χ2v) is 4.16. The Morgan fingerprint density at radius 3 is 2.11 bits per heavy atom. The number of carbonyl (C=O) groups excluding carboxylic acids is 1. The average molecular weight is 269 g/mol. The Morgan fingerprint density at radius 1 is 1.16 bits per heavy atom. The van der Waals surface area contributed by atoms with E-state index in [0.29, 0.717) is 17.3 Å². The van der Waals surface area contributed by atoms with Gasteiger partial charge in [-0.25, -0.2) is 0 Å². The molecule has 0 spiro atoms. The fourth-order valence-electron chi connectivity index (χ4n) is 1.31. The van der Waals surface area contributed by atoms with Crippen molar-refractivity contribution in [2.45, 2.75) is 26.8 Å². The van der Waals surface area contributed by atoms with Crippen molar-refractivity contribution >= 4 is 5.91 Å². The first-order valence-electron chi connectivity index (χ1n) is 5.92. The van der Waals surface area contributed by atoms with Crippen LogP contribution in [-0.2, 0) is 19.0 Å². The Morgan fingerprint density at radius 2 is 1.74 bits per heavy atom. The van der Waals surface area contributed by atoms with Gasteiger partial charge in [0.2, 0.25) is 0 Å². The van der Waals surface area contributed by atoms with E-state index in [1.165, 1.54) is 27.4 Å². The van der Waals surface area contributed by atoms with Crippen molar-refractivity contribution < 1.29 is 19.0 Å². The number of nitrogens with one attached hydrogen (secondary N) is 1. The van der Waals surface area contributed by atoms with Gasteiger partial charge in [0, 0.05) is 11.6 Å². The van der Waals surface area contributed by atoms with E-state index >= 15 is 0 Å². The molecule has 0 unspecified atom stereocenters. The molecule has 0 aromatic rings. The van der Waals surface area contributed by atoms with Crippen LogP contribution in [0, 0.1) is 0 Å². The summed E-state index contributed by atoms with van der Waals surface area (Å²) in [6.07, 6.45) is 1.51. The molecule has 0 saturated heterocycles. The van der Waals surface area contributed by atoms with Crippen LogP contribution in [0.2, 0.25) is 0 Å². The molecule has 5 nitrogen and oxygen atoms in total. The van der Waals surface area contributed by atoms with Gasteiger partial charge in [-0.15, -0.1) is 0 Å². The third-order valence-corrected chi connectivity index (χ3v) is 2.29. The van der Waals surface area contributed by atoms with Crippen molar-refractivity contribution in [3.63, 3.8) is 0 Å². The molecule has 0 atom stereocenters. The molecule has 0 saturated carbocycles. The number of allylic oxidation sites excluding steroid dienone is 1. The minimum atomic E-state index is -0.255. The number of hydrogen-bond acceptors (Lipinski definition) is 4. The second-order valence-electron chi connectivity index (χ2n) is 4.16. The van der Waals surface area contributed by atoms with Crippen LogP contribution in [0.3, 0.4) is 0 Å². The van der Waals surface area contributed by atoms with Crippen molar-refractivity contribution in [3.8, 4) is 0 Å². The summed E-state index contributed by atoms with van der Waals surface area (Å²) in [5, 5.41) is 2.75. The fraction of sp³-hybridized carbons (Fsp3) is 0.500. The number of methoxy groups -OCH3 is 3. The Hall–Kier alpha value is -1.91. The molecule has 0 heterocycles. The lowest BCUT2D eigenvalue weighted by Gasteiger charge is -2.14. The van der Waals surface area contributed by atoms with Crippen molar-refractivity contribution in [2.24, 2.45) is 0 Å². The molecular weight excluding hydrogens is 246 g/mol. The van der Waals surface area contributed by atoms with Gasteiger partial charge in [-0.05, 0) is 26.8 Å². The third-order valence-electron chi connectivity index (χ3n) is 2.29. The molecule has 19 heavy (non-hydrogen) atoms. The Labute approximate surface area is 114 Å². The van der Waals surface area contributed by atoms with E-state index in [2.05, 4.69) is 11.9 Å². The van der Waals surface area contributed by atoms with E-state index in [-0.39, 0.29) is 17.5 Å². The minimum Gasteiger partial charge on any atom is -0.497 e. The van der Waals surface area contributed by atoms with Crippen molar-refractivity contribution in [1.29, 1.82) is 0 Å². The molecule has 0 fully saturated rings. The van der Waals surface area contributed by atoms with E-state index in [4.69, 9.17) is 14.2 Å². The Balaban J connectivity index is 5.20. The highest BCUT2D eigenvalue weighted by molar-refractivity contribution is 5.95. The lowest BCUT2D eigenvalue weighted by molar-refractivity contribution is -0.117. The largest absolute Gasteiger partial charge is 0.497 e. The van der Waals surface area contributed by atoms with E-state index in [1.54, 1.807) is 6.92 Å². The predicted octanol–water partition coefficient (Wildman–Crippen LogP) is 2.12. The van der Waals surface area contributed by atoms with E-state index in [1.807, 2.05) is 13.8 Å². The zero-order valence-corrected chi connectivity index (χ0v) is 12.5. The van der Waals surface area contributed by atoms with Crippen LogP contribution in [0.25, 0.3) is 0 Å². The van der Waals surface area contributed by atoms with Gasteiger partial charge in [0.1, 0.15) is 5.76 Å². The van der Waals surface area contributed by atoms with Crippen LogP contribution in [0.15, 0.2) is 35.5 Å². The summed E-state index contributed by atoms with van der Waals surface area (Å²) >= 11 is 0. The van der Waals surface area contributed by atoms with Gasteiger partial charge in [0.05, 0.1) is 21.3 Å². The van der Waals surface area contributed by atoms with Crippen LogP contribution in [0.5, 0.6) is 0 Å². The first-order chi connectivity index (χ1) is 8.87. The van der Waals surface area contributed by atoms with E-state index < -0.39 is 0 Å². The summed E-state index contributed by atoms with van der Waals surface area (Å²) in [4.78, 5) is 11.8. The average Bonchev–Trinajstić information content (AvgIpc) is 2.36. The number of rotatable bonds is 7. The normalized spacial score (nSPS) is 12.7. The minimum absolute atomic E-state index is 0.0433. The quantitative estimate of drug-likeness (QED) is 0.437. The van der Waals surface area contributed by atoms with E-state index in [9.17, 15) is 4.79 Å². The number of amides is 1. The Bertz CT molecular complexity index is 394. The molecule has 0 radical (unpaired) electrons. The van der Waals surface area contributed by atoms with Gasteiger partial charge in [-0.3, -0.25) is 4.79 Å². The number of carbonyl (C=O) groups is 1. The maximum atomic E-state index is 11.8. The summed E-state index contributed by atoms with van der Waals surface area (Å²) in [6, 6.07) is 0.0433. The highest BCUT2D eigenvalue weighted by Gasteiger charge is 2.14. The zero-order valence-electron chi connectivity index (χ0n) is 12.5. The molecule has 1 N–H and O–H groups in total. The smallest absolute Gasteiger partial charge is 0.251 e. The highest BCUT2D eigenvalue weighted by Crippen LogP contribution is 2.18. The van der Waals surface area contributed by atoms with Crippen molar-refractivity contribution in [1.82, 2.24) is 5.32 Å². The molecule has 0 rings (SSSR count). The lowest BCUT2D eigenvalue weighted by Crippen LogP contribution is -2.30. The molecule has 0 bridgehead atoms. The van der Waals surface area contributed by atoms with Crippen molar-refractivity contribution in [3.05, 3.63) is 35.5 Å². The molecule has 108 valence electrons. The molecule has 0 aromatic carbocycles. The van der Waals surface area contributed by atoms with Crippen LogP contribution in [-0.4, -0.2) is 33.3 Å². The molecule has 0 aromatic heterocycles. The maximum Gasteiger partial charge on any atom is 0.251 e. The lowest BCUT2D eigenvalue weighted by atomic mass is 10.2. The summed E-state index contributed by atoms with van der Waals surface area (Å²) in [6.45, 7) is 9.20.